The summed E-state index contributed by atoms with van der Waals surface area (Å²) in [6, 6.07) is 6.48. The lowest BCUT2D eigenvalue weighted by Crippen LogP contribution is -2.44. The number of aromatic nitrogens is 4. The lowest BCUT2D eigenvalue weighted by atomic mass is 9.90. The van der Waals surface area contributed by atoms with E-state index < -0.39 is 5.41 Å². The van der Waals surface area contributed by atoms with Gasteiger partial charge in [0.05, 0.1) is 11.1 Å². The third kappa shape index (κ3) is 2.69. The summed E-state index contributed by atoms with van der Waals surface area (Å²) < 4.78 is 13.7. The number of aromatic amines is 1. The number of fused-ring (bicyclic) bond motifs is 1. The number of nitrogens with zero attached hydrogens (tertiary/aromatic N) is 4. The highest BCUT2D eigenvalue weighted by Gasteiger charge is 2.53. The minimum Gasteiger partial charge on any atom is -0.341 e. The van der Waals surface area contributed by atoms with E-state index in [1.54, 1.807) is 18.5 Å². The van der Waals surface area contributed by atoms with Crippen LogP contribution in [0.3, 0.4) is 0 Å². The molecule has 3 heterocycles. The van der Waals surface area contributed by atoms with Crippen LogP contribution in [0.15, 0.2) is 36.7 Å². The number of nitrogens with one attached hydrogen (secondary N) is 1. The van der Waals surface area contributed by atoms with E-state index in [1.807, 2.05) is 11.0 Å². The molecule has 7 heteroatoms. The molecule has 27 heavy (non-hydrogen) atoms. The fourth-order valence-corrected chi connectivity index (χ4v) is 4.29. The number of rotatable bonds is 3. The first-order valence-electron chi connectivity index (χ1n) is 9.38. The normalized spacial score (nSPS) is 21.4. The molecule has 0 unspecified atom stereocenters. The highest BCUT2D eigenvalue weighted by molar-refractivity contribution is 5.91. The number of halogens is 1. The van der Waals surface area contributed by atoms with Crippen LogP contribution in [0.25, 0.3) is 11.2 Å². The van der Waals surface area contributed by atoms with Gasteiger partial charge in [0.1, 0.15) is 11.3 Å². The number of benzene rings is 1. The maximum atomic E-state index is 13.7. The molecule has 1 saturated heterocycles. The summed E-state index contributed by atoms with van der Waals surface area (Å²) in [7, 11) is 0. The van der Waals surface area contributed by atoms with E-state index >= 15 is 0 Å². The number of likely N-dealkylation sites (tertiary alicyclic amines) is 1. The Bertz CT molecular complexity index is 1010. The molecule has 2 fully saturated rings. The van der Waals surface area contributed by atoms with Gasteiger partial charge in [-0.05, 0) is 43.4 Å². The lowest BCUT2D eigenvalue weighted by Gasteiger charge is -2.35. The topological polar surface area (TPSA) is 74.8 Å². The molecule has 138 valence electrons. The molecule has 2 aromatic heterocycles. The van der Waals surface area contributed by atoms with Crippen LogP contribution in [0.2, 0.25) is 0 Å². The summed E-state index contributed by atoms with van der Waals surface area (Å²) in [5.41, 5.74) is 2.59. The molecule has 1 aliphatic heterocycles. The van der Waals surface area contributed by atoms with Gasteiger partial charge in [-0.2, -0.15) is 5.10 Å². The number of hydrogen-bond donors (Lipinski definition) is 1. The fourth-order valence-electron chi connectivity index (χ4n) is 4.29. The Kier molecular flexibility index (Phi) is 3.70. The van der Waals surface area contributed by atoms with E-state index in [4.69, 9.17) is 0 Å². The maximum absolute atomic E-state index is 13.7. The summed E-state index contributed by atoms with van der Waals surface area (Å²) in [6.45, 7) is 1.37. The van der Waals surface area contributed by atoms with Crippen LogP contribution in [-0.2, 0) is 10.2 Å². The van der Waals surface area contributed by atoms with Gasteiger partial charge < -0.3 is 4.90 Å². The largest absolute Gasteiger partial charge is 0.341 e. The van der Waals surface area contributed by atoms with Gasteiger partial charge in [-0.1, -0.05) is 12.1 Å². The predicted octanol–water partition coefficient (Wildman–Crippen LogP) is 2.93. The number of piperidine rings is 1. The van der Waals surface area contributed by atoms with Crippen LogP contribution >= 0.6 is 0 Å². The van der Waals surface area contributed by atoms with Gasteiger partial charge in [0, 0.05) is 31.4 Å². The van der Waals surface area contributed by atoms with Crippen molar-refractivity contribution in [2.45, 2.75) is 37.0 Å². The van der Waals surface area contributed by atoms with Crippen molar-refractivity contribution in [2.24, 2.45) is 0 Å². The second kappa shape index (κ2) is 6.11. The van der Waals surface area contributed by atoms with E-state index in [1.165, 1.54) is 12.1 Å². The molecule has 3 aromatic rings. The second-order valence-electron chi connectivity index (χ2n) is 7.55. The van der Waals surface area contributed by atoms with Crippen LogP contribution in [-0.4, -0.2) is 44.1 Å². The Morgan fingerprint density at radius 1 is 1.26 bits per heavy atom. The lowest BCUT2D eigenvalue weighted by molar-refractivity contribution is -0.135. The van der Waals surface area contributed by atoms with Crippen LogP contribution in [0, 0.1) is 5.82 Å². The average molecular weight is 365 g/mol. The Morgan fingerprint density at radius 3 is 2.93 bits per heavy atom. The van der Waals surface area contributed by atoms with Crippen LogP contribution < -0.4 is 0 Å². The summed E-state index contributed by atoms with van der Waals surface area (Å²) >= 11 is 0. The van der Waals surface area contributed by atoms with Gasteiger partial charge in [-0.3, -0.25) is 9.89 Å². The molecule has 0 radical (unpaired) electrons. The quantitative estimate of drug-likeness (QED) is 0.774. The van der Waals surface area contributed by atoms with Crippen LogP contribution in [0.5, 0.6) is 0 Å². The highest BCUT2D eigenvalue weighted by Crippen LogP contribution is 2.50. The standard InChI is InChI=1S/C20H20FN5O/c21-15-5-1-4-14(11-15)20(6-7-20)19(27)26-10-2-3-13(12-26)16-17-18(25-24-16)23-9-8-22-17/h1,4-5,8-9,11,13H,2-3,6-7,10,12H2,(H,23,24,25)/t13-/m0/s1. The zero-order chi connectivity index (χ0) is 18.4. The van der Waals surface area contributed by atoms with E-state index in [0.29, 0.717) is 12.2 Å². The van der Waals surface area contributed by atoms with Gasteiger partial charge in [0.25, 0.3) is 0 Å². The molecule has 1 aromatic carbocycles. The number of amides is 1. The van der Waals surface area contributed by atoms with Crippen molar-refractivity contribution < 1.29 is 9.18 Å². The van der Waals surface area contributed by atoms with E-state index in [0.717, 1.165) is 49.0 Å². The van der Waals surface area contributed by atoms with Crippen LogP contribution in [0.4, 0.5) is 4.39 Å². The van der Waals surface area contributed by atoms with Crippen molar-refractivity contribution in [3.8, 4) is 0 Å². The van der Waals surface area contributed by atoms with Crippen molar-refractivity contribution >= 4 is 17.1 Å². The van der Waals surface area contributed by atoms with E-state index in [2.05, 4.69) is 20.2 Å². The minimum absolute atomic E-state index is 0.118. The molecular weight excluding hydrogens is 345 g/mol. The maximum Gasteiger partial charge on any atom is 0.233 e. The first-order valence-corrected chi connectivity index (χ1v) is 9.38. The van der Waals surface area contributed by atoms with Crippen molar-refractivity contribution in [1.29, 1.82) is 0 Å². The van der Waals surface area contributed by atoms with Gasteiger partial charge in [-0.25, -0.2) is 14.4 Å². The Hall–Kier alpha value is -2.83. The van der Waals surface area contributed by atoms with Crippen molar-refractivity contribution in [2.75, 3.05) is 13.1 Å². The van der Waals surface area contributed by atoms with E-state index in [9.17, 15) is 9.18 Å². The monoisotopic (exact) mass is 365 g/mol. The smallest absolute Gasteiger partial charge is 0.233 e. The molecule has 0 bridgehead atoms. The van der Waals surface area contributed by atoms with Gasteiger partial charge in [-0.15, -0.1) is 0 Å². The highest BCUT2D eigenvalue weighted by atomic mass is 19.1. The van der Waals surface area contributed by atoms with E-state index in [-0.39, 0.29) is 17.6 Å². The van der Waals surface area contributed by atoms with Gasteiger partial charge in [0.15, 0.2) is 5.65 Å². The minimum atomic E-state index is -0.542. The van der Waals surface area contributed by atoms with Crippen molar-refractivity contribution in [3.05, 3.63) is 53.7 Å². The molecule has 1 atom stereocenters. The number of hydrogen-bond acceptors (Lipinski definition) is 4. The predicted molar refractivity (Wildman–Crippen MR) is 97.6 cm³/mol. The molecular formula is C20H20FN5O. The summed E-state index contributed by atoms with van der Waals surface area (Å²) in [5, 5.41) is 7.31. The van der Waals surface area contributed by atoms with Crippen molar-refractivity contribution in [1.82, 2.24) is 25.1 Å². The SMILES string of the molecule is O=C(N1CCC[C@H](c2[nH]nc3nccnc23)C1)C1(c2cccc(F)c2)CC1. The molecule has 0 spiro atoms. The number of carbonyl (C=O) groups is 1. The van der Waals surface area contributed by atoms with Gasteiger partial charge in [0.2, 0.25) is 5.91 Å². The summed E-state index contributed by atoms with van der Waals surface area (Å²) in [4.78, 5) is 23.9. The third-order valence-electron chi connectivity index (χ3n) is 5.87. The molecule has 1 amide bonds. The molecule has 1 N–H and O–H groups in total. The fraction of sp³-hybridized carbons (Fsp3) is 0.400. The Balaban J connectivity index is 1.40. The second-order valence-corrected chi connectivity index (χ2v) is 7.55. The first kappa shape index (κ1) is 16.4. The van der Waals surface area contributed by atoms with Gasteiger partial charge >= 0.3 is 0 Å². The zero-order valence-corrected chi connectivity index (χ0v) is 14.9. The summed E-state index contributed by atoms with van der Waals surface area (Å²) in [6.07, 6.45) is 6.76. The summed E-state index contributed by atoms with van der Waals surface area (Å²) in [5.74, 6) is -0.00832. The first-order chi connectivity index (χ1) is 13.2. The third-order valence-corrected chi connectivity index (χ3v) is 5.87. The zero-order valence-electron chi connectivity index (χ0n) is 14.9. The number of H-pyrrole nitrogens is 1. The molecule has 6 nitrogen and oxygen atoms in total. The van der Waals surface area contributed by atoms with Crippen LogP contribution in [0.1, 0.15) is 42.9 Å². The number of carbonyl (C=O) groups excluding carboxylic acids is 1. The Labute approximate surface area is 155 Å². The molecule has 5 rings (SSSR count). The molecule has 1 aliphatic carbocycles. The molecule has 1 saturated carbocycles. The Morgan fingerprint density at radius 2 is 2.11 bits per heavy atom. The van der Waals surface area contributed by atoms with Crippen molar-refractivity contribution in [3.63, 3.8) is 0 Å². The molecule has 2 aliphatic rings. The average Bonchev–Trinajstić information content (AvgIpc) is 3.41.